The Morgan fingerprint density at radius 3 is 1.75 bits per heavy atom. The predicted octanol–water partition coefficient (Wildman–Crippen LogP) is 7.05. The molecule has 2 aliphatic heterocycles. The Hall–Kier alpha value is -3.59. The average molecular weight is 566 g/mol. The summed E-state index contributed by atoms with van der Waals surface area (Å²) in [4.78, 5) is 42.0. The van der Waals surface area contributed by atoms with Gasteiger partial charge in [-0.05, 0) is 95.4 Å². The minimum atomic E-state index is -0.513. The van der Waals surface area contributed by atoms with Crippen LogP contribution < -0.4 is 5.32 Å². The third-order valence-corrected chi connectivity index (χ3v) is 7.47. The molecule has 1 aromatic heterocycles. The summed E-state index contributed by atoms with van der Waals surface area (Å²) < 4.78 is 10.9. The van der Waals surface area contributed by atoms with E-state index in [1.807, 2.05) is 84.0 Å². The van der Waals surface area contributed by atoms with Gasteiger partial charge in [-0.1, -0.05) is 24.3 Å². The van der Waals surface area contributed by atoms with E-state index < -0.39 is 11.2 Å². The van der Waals surface area contributed by atoms with Crippen LogP contribution in [0.2, 0.25) is 0 Å². The van der Waals surface area contributed by atoms with Crippen LogP contribution in [-0.2, 0) is 9.47 Å². The summed E-state index contributed by atoms with van der Waals surface area (Å²) in [6.45, 7) is 13.4. The zero-order valence-corrected chi connectivity index (χ0v) is 25.0. The number of hydrogen-bond donors (Lipinski definition) is 1. The maximum Gasteiger partial charge on any atom is 0.410 e. The summed E-state index contributed by atoms with van der Waals surface area (Å²) in [5.74, 6) is -0.164. The molecular formula is C31H39N3O5S. The number of nitrogens with one attached hydrogen (secondary N) is 1. The molecule has 2 aromatic rings. The molecule has 0 atom stereocenters. The van der Waals surface area contributed by atoms with Crippen molar-refractivity contribution in [2.75, 3.05) is 31.5 Å². The summed E-state index contributed by atoms with van der Waals surface area (Å²) in [6.07, 6.45) is 4.97. The van der Waals surface area contributed by atoms with E-state index in [-0.39, 0.29) is 18.1 Å². The minimum Gasteiger partial charge on any atom is -0.444 e. The lowest BCUT2D eigenvalue weighted by Crippen LogP contribution is -2.39. The molecule has 0 saturated heterocycles. The molecular weight excluding hydrogens is 526 g/mol. The van der Waals surface area contributed by atoms with Gasteiger partial charge in [-0.2, -0.15) is 0 Å². The smallest absolute Gasteiger partial charge is 0.410 e. The normalized spacial score (nSPS) is 16.1. The minimum absolute atomic E-state index is 0.164. The van der Waals surface area contributed by atoms with Gasteiger partial charge in [0.2, 0.25) is 0 Å². The van der Waals surface area contributed by atoms with E-state index in [1.54, 1.807) is 9.80 Å². The average Bonchev–Trinajstić information content (AvgIpc) is 3.35. The highest BCUT2D eigenvalue weighted by Gasteiger charge is 2.25. The van der Waals surface area contributed by atoms with Crippen LogP contribution in [0.5, 0.6) is 0 Å². The largest absolute Gasteiger partial charge is 0.444 e. The first-order valence-corrected chi connectivity index (χ1v) is 14.4. The number of nitrogens with zero attached hydrogens (tertiary/aromatic N) is 2. The Morgan fingerprint density at radius 1 is 0.750 bits per heavy atom. The quantitative estimate of drug-likeness (QED) is 0.429. The second kappa shape index (κ2) is 11.9. The van der Waals surface area contributed by atoms with Crippen molar-refractivity contribution in [3.8, 4) is 0 Å². The number of ether oxygens (including phenoxy) is 2. The van der Waals surface area contributed by atoms with Gasteiger partial charge in [0.05, 0.1) is 5.00 Å². The Morgan fingerprint density at radius 2 is 1.27 bits per heavy atom. The molecule has 0 unspecified atom stereocenters. The summed E-state index contributed by atoms with van der Waals surface area (Å²) in [6, 6.07) is 11.5. The molecule has 0 radical (unpaired) electrons. The lowest BCUT2D eigenvalue weighted by atomic mass is 9.98. The van der Waals surface area contributed by atoms with Crippen LogP contribution in [0.15, 0.2) is 48.6 Å². The lowest BCUT2D eigenvalue weighted by Gasteiger charge is -2.29. The fourth-order valence-electron chi connectivity index (χ4n) is 4.41. The van der Waals surface area contributed by atoms with Gasteiger partial charge in [0.15, 0.2) is 0 Å². The first kappa shape index (κ1) is 29.4. The van der Waals surface area contributed by atoms with Crippen molar-refractivity contribution in [2.45, 2.75) is 65.6 Å². The van der Waals surface area contributed by atoms with Crippen LogP contribution in [0.1, 0.15) is 75.2 Å². The van der Waals surface area contributed by atoms with E-state index in [1.165, 1.54) is 16.9 Å². The monoisotopic (exact) mass is 565 g/mol. The second-order valence-corrected chi connectivity index (χ2v) is 13.1. The summed E-state index contributed by atoms with van der Waals surface area (Å²) in [5.41, 5.74) is 2.92. The first-order valence-electron chi connectivity index (χ1n) is 13.6. The van der Waals surface area contributed by atoms with Crippen LogP contribution in [0.3, 0.4) is 0 Å². The van der Waals surface area contributed by atoms with E-state index in [0.717, 1.165) is 33.9 Å². The lowest BCUT2D eigenvalue weighted by molar-refractivity contribution is 0.0260. The van der Waals surface area contributed by atoms with Crippen LogP contribution in [0.4, 0.5) is 14.6 Å². The Balaban J connectivity index is 1.31. The molecule has 0 bridgehead atoms. The van der Waals surface area contributed by atoms with Crippen LogP contribution >= 0.6 is 11.3 Å². The van der Waals surface area contributed by atoms with Crippen LogP contribution in [-0.4, -0.2) is 65.3 Å². The standard InChI is InChI=1S/C31H39N3O5S/c1-30(2,3)38-28(36)33-17-13-22(14-18-33)21-7-9-24(10-8-21)27(35)32-26-12-11-25(40-26)23-15-19-34(20-16-23)29(37)39-31(4,5)6/h7-13,15H,14,16-20H2,1-6H3,(H,32,35). The number of hydrogen-bond acceptors (Lipinski definition) is 6. The van der Waals surface area contributed by atoms with E-state index in [4.69, 9.17) is 9.47 Å². The molecule has 0 fully saturated rings. The summed E-state index contributed by atoms with van der Waals surface area (Å²) in [7, 11) is 0. The molecule has 8 nitrogen and oxygen atoms in total. The number of benzene rings is 1. The highest BCUT2D eigenvalue weighted by Crippen LogP contribution is 2.32. The van der Waals surface area contributed by atoms with Gasteiger partial charge in [0, 0.05) is 36.6 Å². The van der Waals surface area contributed by atoms with E-state index in [0.29, 0.717) is 31.7 Å². The number of thiophene rings is 1. The van der Waals surface area contributed by atoms with Crippen molar-refractivity contribution < 1.29 is 23.9 Å². The maximum atomic E-state index is 12.9. The Labute approximate surface area is 240 Å². The molecule has 1 aromatic carbocycles. The zero-order valence-electron chi connectivity index (χ0n) is 24.2. The number of rotatable bonds is 4. The molecule has 9 heteroatoms. The molecule has 3 heterocycles. The molecule has 0 saturated carbocycles. The molecule has 3 amide bonds. The van der Waals surface area contributed by atoms with Crippen LogP contribution in [0.25, 0.3) is 11.1 Å². The van der Waals surface area contributed by atoms with Crippen molar-refractivity contribution in [3.05, 3.63) is 64.6 Å². The van der Waals surface area contributed by atoms with Crippen LogP contribution in [0, 0.1) is 0 Å². The highest BCUT2D eigenvalue weighted by atomic mass is 32.1. The molecule has 0 aliphatic carbocycles. The molecule has 0 spiro atoms. The highest BCUT2D eigenvalue weighted by molar-refractivity contribution is 7.17. The van der Waals surface area contributed by atoms with Gasteiger partial charge >= 0.3 is 12.2 Å². The third kappa shape index (κ3) is 7.97. The molecule has 2 aliphatic rings. The number of carbonyl (C=O) groups is 3. The molecule has 40 heavy (non-hydrogen) atoms. The zero-order chi connectivity index (χ0) is 29.1. The second-order valence-electron chi connectivity index (χ2n) is 12.0. The van der Waals surface area contributed by atoms with Crippen molar-refractivity contribution in [3.63, 3.8) is 0 Å². The first-order chi connectivity index (χ1) is 18.8. The van der Waals surface area contributed by atoms with Gasteiger partial charge in [-0.15, -0.1) is 11.3 Å². The van der Waals surface area contributed by atoms with Gasteiger partial charge < -0.3 is 24.6 Å². The summed E-state index contributed by atoms with van der Waals surface area (Å²) >= 11 is 1.53. The molecule has 1 N–H and O–H groups in total. The van der Waals surface area contributed by atoms with Crippen molar-refractivity contribution >= 4 is 45.6 Å². The fraction of sp³-hybridized carbons (Fsp3) is 0.452. The number of anilines is 1. The van der Waals surface area contributed by atoms with Crippen molar-refractivity contribution in [1.29, 1.82) is 0 Å². The van der Waals surface area contributed by atoms with Crippen molar-refractivity contribution in [2.24, 2.45) is 0 Å². The van der Waals surface area contributed by atoms with E-state index in [2.05, 4.69) is 11.4 Å². The Kier molecular flexibility index (Phi) is 8.73. The van der Waals surface area contributed by atoms with Gasteiger partial charge in [0.1, 0.15) is 11.2 Å². The van der Waals surface area contributed by atoms with Gasteiger partial charge in [-0.3, -0.25) is 4.79 Å². The molecule has 4 rings (SSSR count). The van der Waals surface area contributed by atoms with E-state index in [9.17, 15) is 14.4 Å². The van der Waals surface area contributed by atoms with Gasteiger partial charge in [-0.25, -0.2) is 9.59 Å². The number of carbonyl (C=O) groups excluding carboxylic acids is 3. The fourth-order valence-corrected chi connectivity index (χ4v) is 5.38. The van der Waals surface area contributed by atoms with Crippen molar-refractivity contribution in [1.82, 2.24) is 9.80 Å². The van der Waals surface area contributed by atoms with Gasteiger partial charge in [0.25, 0.3) is 5.91 Å². The maximum absolute atomic E-state index is 12.9. The van der Waals surface area contributed by atoms with E-state index >= 15 is 0 Å². The topological polar surface area (TPSA) is 88.2 Å². The molecule has 214 valence electrons. The Bertz CT molecular complexity index is 1310. The SMILES string of the molecule is CC(C)(C)OC(=O)N1CC=C(c2ccc(C(=O)Nc3ccc(C4=CCN(C(=O)OC(C)(C)C)CC4)s3)cc2)CC1. The predicted molar refractivity (Wildman–Crippen MR) is 160 cm³/mol. The summed E-state index contributed by atoms with van der Waals surface area (Å²) in [5, 5.41) is 3.78. The number of amides is 3. The third-order valence-electron chi connectivity index (χ3n) is 6.40.